The van der Waals surface area contributed by atoms with Gasteiger partial charge in [0.15, 0.2) is 5.76 Å². The van der Waals surface area contributed by atoms with Crippen LogP contribution in [0.3, 0.4) is 0 Å². The summed E-state index contributed by atoms with van der Waals surface area (Å²) in [6.45, 7) is 0.464. The Morgan fingerprint density at radius 1 is 1.43 bits per heavy atom. The Labute approximate surface area is 126 Å². The maximum Gasteiger partial charge on any atom is 0.287 e. The Hall–Kier alpha value is -1.08. The van der Waals surface area contributed by atoms with Crippen molar-refractivity contribution in [1.82, 2.24) is 5.32 Å². The van der Waals surface area contributed by atoms with Crippen LogP contribution in [0.2, 0.25) is 0 Å². The summed E-state index contributed by atoms with van der Waals surface area (Å²) < 4.78 is 29.4. The number of halogens is 2. The second-order valence-electron chi connectivity index (χ2n) is 5.39. The molecular weight excluding hydrogens is 300 g/mol. The number of hydrogen-bond donors (Lipinski definition) is 2. The van der Waals surface area contributed by atoms with E-state index in [1.165, 1.54) is 12.1 Å². The minimum atomic E-state index is -2.46. The van der Waals surface area contributed by atoms with Gasteiger partial charge >= 0.3 is 0 Å². The zero-order valence-corrected chi connectivity index (χ0v) is 12.4. The van der Waals surface area contributed by atoms with Gasteiger partial charge in [-0.3, -0.25) is 4.79 Å². The largest absolute Gasteiger partial charge is 0.455 e. The van der Waals surface area contributed by atoms with Crippen molar-refractivity contribution in [1.29, 1.82) is 0 Å². The molecular formula is C14H19F2NO3S. The van der Waals surface area contributed by atoms with Crippen molar-refractivity contribution < 1.29 is 23.1 Å². The molecule has 0 saturated heterocycles. The lowest BCUT2D eigenvalue weighted by Crippen LogP contribution is -2.38. The highest BCUT2D eigenvalue weighted by Gasteiger charge is 2.33. The van der Waals surface area contributed by atoms with Gasteiger partial charge in [0.1, 0.15) is 5.76 Å². The summed E-state index contributed by atoms with van der Waals surface area (Å²) in [5.41, 5.74) is -0.226. The van der Waals surface area contributed by atoms with Crippen molar-refractivity contribution in [3.05, 3.63) is 23.7 Å². The predicted molar refractivity (Wildman–Crippen MR) is 76.3 cm³/mol. The van der Waals surface area contributed by atoms with Gasteiger partial charge in [0.05, 0.1) is 12.4 Å². The summed E-state index contributed by atoms with van der Waals surface area (Å²) in [5, 5.41) is 12.2. The van der Waals surface area contributed by atoms with E-state index in [4.69, 9.17) is 4.42 Å². The summed E-state index contributed by atoms with van der Waals surface area (Å²) in [7, 11) is 0. The summed E-state index contributed by atoms with van der Waals surface area (Å²) in [6.07, 6.45) is 3.93. The molecule has 118 valence electrons. The lowest BCUT2D eigenvalue weighted by molar-refractivity contribution is 0.0853. The molecule has 1 amide bonds. The first-order chi connectivity index (χ1) is 10.0. The van der Waals surface area contributed by atoms with Gasteiger partial charge in [0, 0.05) is 12.0 Å². The molecule has 1 aliphatic rings. The second-order valence-corrected chi connectivity index (χ2v) is 6.36. The van der Waals surface area contributed by atoms with Gasteiger partial charge in [-0.1, -0.05) is 24.6 Å². The number of alkyl halides is 2. The molecule has 0 unspecified atom stereocenters. The lowest BCUT2D eigenvalue weighted by Gasteiger charge is -2.26. The predicted octanol–water partition coefficient (Wildman–Crippen LogP) is 3.02. The number of furan rings is 1. The first kappa shape index (κ1) is 16.3. The summed E-state index contributed by atoms with van der Waals surface area (Å²) in [5.74, 6) is -2.33. The number of amides is 1. The van der Waals surface area contributed by atoms with Crippen molar-refractivity contribution in [3.63, 3.8) is 0 Å². The molecule has 2 N–H and O–H groups in total. The summed E-state index contributed by atoms with van der Waals surface area (Å²) in [4.78, 5) is 12.0. The van der Waals surface area contributed by atoms with E-state index < -0.39 is 5.76 Å². The molecule has 0 aliphatic heterocycles. The monoisotopic (exact) mass is 319 g/mol. The molecule has 1 saturated carbocycles. The third-order valence-corrected chi connectivity index (χ3v) is 4.56. The first-order valence-corrected chi connectivity index (χ1v) is 7.97. The fraction of sp³-hybridized carbons (Fsp3) is 0.643. The highest BCUT2D eigenvalue weighted by Crippen LogP contribution is 2.36. The highest BCUT2D eigenvalue weighted by molar-refractivity contribution is 7.98. The van der Waals surface area contributed by atoms with Gasteiger partial charge in [0.2, 0.25) is 0 Å². The minimum Gasteiger partial charge on any atom is -0.455 e. The normalized spacial score (nSPS) is 17.3. The number of hydrogen-bond acceptors (Lipinski definition) is 4. The molecule has 1 aromatic heterocycles. The van der Waals surface area contributed by atoms with Crippen LogP contribution in [0, 0.1) is 5.41 Å². The van der Waals surface area contributed by atoms with Gasteiger partial charge in [0.25, 0.3) is 11.7 Å². The molecule has 7 heteroatoms. The number of carbonyl (C=O) groups is 1. The topological polar surface area (TPSA) is 62.5 Å². The number of carbonyl (C=O) groups excluding carboxylic acids is 1. The van der Waals surface area contributed by atoms with Crippen LogP contribution in [0.1, 0.15) is 42.0 Å². The van der Waals surface area contributed by atoms with Gasteiger partial charge in [-0.25, -0.2) is 0 Å². The van der Waals surface area contributed by atoms with E-state index in [1.54, 1.807) is 0 Å². The van der Waals surface area contributed by atoms with E-state index >= 15 is 0 Å². The number of rotatable bonds is 7. The van der Waals surface area contributed by atoms with E-state index in [9.17, 15) is 18.7 Å². The van der Waals surface area contributed by atoms with Crippen molar-refractivity contribution in [2.45, 2.75) is 37.2 Å². The van der Waals surface area contributed by atoms with E-state index in [0.717, 1.165) is 25.7 Å². The van der Waals surface area contributed by atoms with E-state index in [0.29, 0.717) is 24.1 Å². The Morgan fingerprint density at radius 3 is 2.76 bits per heavy atom. The van der Waals surface area contributed by atoms with Gasteiger partial charge in [-0.15, -0.1) is 0 Å². The molecule has 0 radical (unpaired) electrons. The van der Waals surface area contributed by atoms with Crippen LogP contribution in [0.15, 0.2) is 16.5 Å². The van der Waals surface area contributed by atoms with Crippen molar-refractivity contribution in [2.24, 2.45) is 5.41 Å². The number of nitrogens with one attached hydrogen (secondary N) is 1. The molecule has 2 rings (SSSR count). The Bertz CT molecular complexity index is 473. The van der Waals surface area contributed by atoms with Gasteiger partial charge in [-0.2, -0.15) is 8.78 Å². The zero-order chi connectivity index (χ0) is 15.3. The van der Waals surface area contributed by atoms with Crippen LogP contribution >= 0.6 is 11.8 Å². The molecule has 0 bridgehead atoms. The van der Waals surface area contributed by atoms with E-state index in [-0.39, 0.29) is 29.4 Å². The molecule has 0 spiro atoms. The van der Waals surface area contributed by atoms with Crippen molar-refractivity contribution in [2.75, 3.05) is 13.2 Å². The van der Waals surface area contributed by atoms with Crippen molar-refractivity contribution in [3.8, 4) is 0 Å². The average molecular weight is 319 g/mol. The summed E-state index contributed by atoms with van der Waals surface area (Å²) >= 11 is 0.454. The molecule has 21 heavy (non-hydrogen) atoms. The standard InChI is InChI=1S/C14H19F2NO3S/c15-13(16)21-7-10-3-4-11(20-10)12(19)17-8-14(9-18)5-1-2-6-14/h3-4,13,18H,1-2,5-9H2,(H,17,19). The molecule has 1 aliphatic carbocycles. The maximum absolute atomic E-state index is 12.1. The number of aliphatic hydroxyl groups is 1. The van der Waals surface area contributed by atoms with Crippen LogP contribution in [-0.4, -0.2) is 29.9 Å². The smallest absolute Gasteiger partial charge is 0.287 e. The Morgan fingerprint density at radius 2 is 2.14 bits per heavy atom. The molecule has 1 fully saturated rings. The zero-order valence-electron chi connectivity index (χ0n) is 11.6. The van der Waals surface area contributed by atoms with Crippen LogP contribution in [-0.2, 0) is 5.75 Å². The van der Waals surface area contributed by atoms with Crippen LogP contribution < -0.4 is 5.32 Å². The average Bonchev–Trinajstić information content (AvgIpc) is 3.12. The first-order valence-electron chi connectivity index (χ1n) is 6.92. The summed E-state index contributed by atoms with van der Waals surface area (Å²) in [6, 6.07) is 3.01. The fourth-order valence-corrected chi connectivity index (χ4v) is 3.04. The molecule has 0 atom stereocenters. The maximum atomic E-state index is 12.1. The Kier molecular flexibility index (Phi) is 5.64. The van der Waals surface area contributed by atoms with Crippen LogP contribution in [0.25, 0.3) is 0 Å². The lowest BCUT2D eigenvalue weighted by atomic mass is 9.87. The van der Waals surface area contributed by atoms with E-state index in [1.807, 2.05) is 0 Å². The molecule has 1 aromatic rings. The third-order valence-electron chi connectivity index (χ3n) is 3.86. The number of aliphatic hydroxyl groups excluding tert-OH is 1. The molecule has 0 aromatic carbocycles. The molecule has 1 heterocycles. The quantitative estimate of drug-likeness (QED) is 0.811. The van der Waals surface area contributed by atoms with Gasteiger partial charge in [-0.05, 0) is 25.0 Å². The third kappa shape index (κ3) is 4.44. The van der Waals surface area contributed by atoms with Gasteiger partial charge < -0.3 is 14.8 Å². The van der Waals surface area contributed by atoms with E-state index in [2.05, 4.69) is 5.32 Å². The van der Waals surface area contributed by atoms with Crippen LogP contribution in [0.5, 0.6) is 0 Å². The second kappa shape index (κ2) is 7.26. The fourth-order valence-electron chi connectivity index (χ4n) is 2.59. The molecule has 4 nitrogen and oxygen atoms in total. The Balaban J connectivity index is 1.85. The van der Waals surface area contributed by atoms with Crippen LogP contribution in [0.4, 0.5) is 8.78 Å². The highest BCUT2D eigenvalue weighted by atomic mass is 32.2. The van der Waals surface area contributed by atoms with Crippen molar-refractivity contribution >= 4 is 17.7 Å². The number of thioether (sulfide) groups is 1. The minimum absolute atomic E-state index is 0.0333. The SMILES string of the molecule is O=C(NCC1(CO)CCCC1)c1ccc(CSC(F)F)o1.